The van der Waals surface area contributed by atoms with Gasteiger partial charge in [-0.3, -0.25) is 0 Å². The summed E-state index contributed by atoms with van der Waals surface area (Å²) >= 11 is 0. The maximum atomic E-state index is 10.4. The highest BCUT2D eigenvalue weighted by Gasteiger charge is 2.41. The minimum atomic E-state index is -0.00694. The lowest BCUT2D eigenvalue weighted by atomic mass is 10.0. The molecule has 1 unspecified atom stereocenters. The second-order valence-corrected chi connectivity index (χ2v) is 2.80. The summed E-state index contributed by atoms with van der Waals surface area (Å²) < 4.78 is 10.6. The van der Waals surface area contributed by atoms with Gasteiger partial charge in [0, 0.05) is 6.61 Å². The summed E-state index contributed by atoms with van der Waals surface area (Å²) in [4.78, 5) is 10.4. The van der Waals surface area contributed by atoms with E-state index in [2.05, 4.69) is 0 Å². The molecule has 2 fully saturated rings. The highest BCUT2D eigenvalue weighted by atomic mass is 16.6. The zero-order chi connectivity index (χ0) is 6.97. The van der Waals surface area contributed by atoms with E-state index in [1.807, 2.05) is 0 Å². The van der Waals surface area contributed by atoms with E-state index < -0.39 is 0 Å². The largest absolute Gasteiger partial charge is 0.375 e. The SMILES string of the molecule is O=C[C@H]1COC2CCO[C@@H]21. The van der Waals surface area contributed by atoms with E-state index in [0.29, 0.717) is 6.61 Å². The second kappa shape index (κ2) is 2.32. The van der Waals surface area contributed by atoms with Crippen molar-refractivity contribution in [3.63, 3.8) is 0 Å². The van der Waals surface area contributed by atoms with Crippen LogP contribution in [0.3, 0.4) is 0 Å². The molecule has 2 heterocycles. The highest BCUT2D eigenvalue weighted by Crippen LogP contribution is 2.29. The Morgan fingerprint density at radius 3 is 3.10 bits per heavy atom. The molecule has 3 atom stereocenters. The van der Waals surface area contributed by atoms with E-state index in [-0.39, 0.29) is 18.1 Å². The van der Waals surface area contributed by atoms with Crippen LogP contribution in [0.5, 0.6) is 0 Å². The summed E-state index contributed by atoms with van der Waals surface area (Å²) in [5.74, 6) is -0.00694. The van der Waals surface area contributed by atoms with Gasteiger partial charge in [-0.1, -0.05) is 0 Å². The van der Waals surface area contributed by atoms with E-state index in [1.165, 1.54) is 0 Å². The fourth-order valence-corrected chi connectivity index (χ4v) is 1.62. The zero-order valence-electron chi connectivity index (χ0n) is 5.66. The summed E-state index contributed by atoms with van der Waals surface area (Å²) in [6.45, 7) is 1.30. The molecule has 0 N–H and O–H groups in total. The first kappa shape index (κ1) is 6.31. The van der Waals surface area contributed by atoms with Crippen molar-refractivity contribution in [2.24, 2.45) is 5.92 Å². The first-order valence-corrected chi connectivity index (χ1v) is 3.60. The fraction of sp³-hybridized carbons (Fsp3) is 0.857. The standard InChI is InChI=1S/C7H10O3/c8-3-5-4-10-6-1-2-9-7(5)6/h3,5-7H,1-2,4H2/t5-,6?,7+/m0/s1. The molecule has 3 nitrogen and oxygen atoms in total. The summed E-state index contributed by atoms with van der Waals surface area (Å²) in [6, 6.07) is 0. The monoisotopic (exact) mass is 142 g/mol. The molecule has 2 aliphatic heterocycles. The summed E-state index contributed by atoms with van der Waals surface area (Å²) in [5.41, 5.74) is 0. The van der Waals surface area contributed by atoms with Crippen molar-refractivity contribution >= 4 is 6.29 Å². The molecule has 0 aromatic carbocycles. The molecule has 56 valence electrons. The van der Waals surface area contributed by atoms with Crippen LogP contribution >= 0.6 is 0 Å². The van der Waals surface area contributed by atoms with Crippen LogP contribution in [0.15, 0.2) is 0 Å². The van der Waals surface area contributed by atoms with Crippen LogP contribution in [0.4, 0.5) is 0 Å². The zero-order valence-corrected chi connectivity index (χ0v) is 5.66. The van der Waals surface area contributed by atoms with Gasteiger partial charge in [0.15, 0.2) is 0 Å². The van der Waals surface area contributed by atoms with Crippen molar-refractivity contribution in [2.45, 2.75) is 18.6 Å². The Balaban J connectivity index is 2.07. The van der Waals surface area contributed by atoms with E-state index in [9.17, 15) is 4.79 Å². The molecule has 2 saturated heterocycles. The minimum Gasteiger partial charge on any atom is -0.375 e. The van der Waals surface area contributed by atoms with Crippen molar-refractivity contribution in [3.8, 4) is 0 Å². The van der Waals surface area contributed by atoms with E-state index in [0.717, 1.165) is 19.3 Å². The van der Waals surface area contributed by atoms with Gasteiger partial charge < -0.3 is 14.3 Å². The number of fused-ring (bicyclic) bond motifs is 1. The average molecular weight is 142 g/mol. The molecule has 2 aliphatic rings. The third-order valence-corrected chi connectivity index (χ3v) is 2.18. The van der Waals surface area contributed by atoms with Gasteiger partial charge in [0.25, 0.3) is 0 Å². The lowest BCUT2D eigenvalue weighted by Crippen LogP contribution is -2.23. The number of ether oxygens (including phenoxy) is 2. The Morgan fingerprint density at radius 2 is 2.30 bits per heavy atom. The predicted molar refractivity (Wildman–Crippen MR) is 33.7 cm³/mol. The van der Waals surface area contributed by atoms with Crippen LogP contribution in [0.1, 0.15) is 6.42 Å². The Bertz CT molecular complexity index is 146. The molecular formula is C7H10O3. The Kier molecular flexibility index (Phi) is 1.47. The molecule has 0 amide bonds. The van der Waals surface area contributed by atoms with Crippen LogP contribution in [-0.2, 0) is 14.3 Å². The summed E-state index contributed by atoms with van der Waals surface area (Å²) in [7, 11) is 0. The van der Waals surface area contributed by atoms with Crippen molar-refractivity contribution in [1.29, 1.82) is 0 Å². The maximum absolute atomic E-state index is 10.4. The molecule has 0 aliphatic carbocycles. The number of hydrogen-bond acceptors (Lipinski definition) is 3. The highest BCUT2D eigenvalue weighted by molar-refractivity contribution is 5.55. The van der Waals surface area contributed by atoms with E-state index in [4.69, 9.17) is 9.47 Å². The van der Waals surface area contributed by atoms with Gasteiger partial charge in [0.1, 0.15) is 6.29 Å². The third-order valence-electron chi connectivity index (χ3n) is 2.18. The lowest BCUT2D eigenvalue weighted by molar-refractivity contribution is -0.113. The molecule has 2 rings (SSSR count). The molecule has 3 heteroatoms. The van der Waals surface area contributed by atoms with Crippen LogP contribution in [0, 0.1) is 5.92 Å². The van der Waals surface area contributed by atoms with Crippen molar-refractivity contribution in [1.82, 2.24) is 0 Å². The lowest BCUT2D eigenvalue weighted by Gasteiger charge is -2.08. The third kappa shape index (κ3) is 0.777. The quantitative estimate of drug-likeness (QED) is 0.483. The molecule has 0 radical (unpaired) electrons. The van der Waals surface area contributed by atoms with Gasteiger partial charge in [0.2, 0.25) is 0 Å². The number of carbonyl (C=O) groups is 1. The average Bonchev–Trinajstić information content (AvgIpc) is 2.44. The van der Waals surface area contributed by atoms with Crippen molar-refractivity contribution < 1.29 is 14.3 Å². The van der Waals surface area contributed by atoms with Crippen LogP contribution in [0.2, 0.25) is 0 Å². The van der Waals surface area contributed by atoms with Gasteiger partial charge in [-0.15, -0.1) is 0 Å². The second-order valence-electron chi connectivity index (χ2n) is 2.80. The molecule has 0 spiro atoms. The molecule has 0 aromatic rings. The first-order chi connectivity index (χ1) is 4.92. The normalized spacial score (nSPS) is 45.4. The summed E-state index contributed by atoms with van der Waals surface area (Å²) in [5, 5.41) is 0. The first-order valence-electron chi connectivity index (χ1n) is 3.60. The van der Waals surface area contributed by atoms with Gasteiger partial charge in [-0.25, -0.2) is 0 Å². The van der Waals surface area contributed by atoms with Gasteiger partial charge >= 0.3 is 0 Å². The molecule has 0 saturated carbocycles. The fourth-order valence-electron chi connectivity index (χ4n) is 1.62. The van der Waals surface area contributed by atoms with E-state index in [1.54, 1.807) is 0 Å². The topological polar surface area (TPSA) is 35.5 Å². The van der Waals surface area contributed by atoms with Crippen molar-refractivity contribution in [3.05, 3.63) is 0 Å². The van der Waals surface area contributed by atoms with Gasteiger partial charge in [-0.2, -0.15) is 0 Å². The molecular weight excluding hydrogens is 132 g/mol. The van der Waals surface area contributed by atoms with E-state index >= 15 is 0 Å². The summed E-state index contributed by atoms with van der Waals surface area (Å²) in [6.07, 6.45) is 2.16. The van der Waals surface area contributed by atoms with Crippen LogP contribution in [-0.4, -0.2) is 31.7 Å². The van der Waals surface area contributed by atoms with Crippen LogP contribution in [0.25, 0.3) is 0 Å². The maximum Gasteiger partial charge on any atom is 0.128 e. The Labute approximate surface area is 59.3 Å². The van der Waals surface area contributed by atoms with Gasteiger partial charge in [0.05, 0.1) is 24.7 Å². The number of aldehydes is 1. The predicted octanol–water partition coefficient (Wildman–Crippen LogP) is -0.0108. The Hall–Kier alpha value is -0.410. The van der Waals surface area contributed by atoms with Crippen LogP contribution < -0.4 is 0 Å². The minimum absolute atomic E-state index is 0.00694. The van der Waals surface area contributed by atoms with Gasteiger partial charge in [-0.05, 0) is 6.42 Å². The molecule has 0 aromatic heterocycles. The molecule has 0 bridgehead atoms. The molecule has 10 heavy (non-hydrogen) atoms. The number of carbonyl (C=O) groups excluding carboxylic acids is 1. The number of hydrogen-bond donors (Lipinski definition) is 0. The Morgan fingerprint density at radius 1 is 1.40 bits per heavy atom. The smallest absolute Gasteiger partial charge is 0.128 e. The number of rotatable bonds is 1. The van der Waals surface area contributed by atoms with Crippen molar-refractivity contribution in [2.75, 3.05) is 13.2 Å².